The average Bonchev–Trinajstić information content (AvgIpc) is 3.15. The zero-order valence-electron chi connectivity index (χ0n) is 13.7. The van der Waals surface area contributed by atoms with Crippen molar-refractivity contribution < 1.29 is 0 Å². The van der Waals surface area contributed by atoms with Crippen molar-refractivity contribution in [2.24, 2.45) is 12.0 Å². The fourth-order valence-corrected chi connectivity index (χ4v) is 2.42. The average molecular weight is 405 g/mol. The lowest BCUT2D eigenvalue weighted by Crippen LogP contribution is -2.44. The number of aryl methyl sites for hydroxylation is 2. The normalized spacial score (nSPS) is 16.3. The van der Waals surface area contributed by atoms with Gasteiger partial charge in [-0.3, -0.25) is 9.67 Å². The predicted molar refractivity (Wildman–Crippen MR) is 98.5 cm³/mol. The predicted octanol–water partition coefficient (Wildman–Crippen LogP) is 2.30. The molecule has 1 aliphatic carbocycles. The molecular formula is C15H28IN5. The highest BCUT2D eigenvalue weighted by Crippen LogP contribution is 2.18. The van der Waals surface area contributed by atoms with Crippen molar-refractivity contribution >= 4 is 29.9 Å². The number of halogens is 1. The van der Waals surface area contributed by atoms with Crippen molar-refractivity contribution in [2.45, 2.75) is 59.0 Å². The van der Waals surface area contributed by atoms with Gasteiger partial charge in [-0.1, -0.05) is 0 Å². The van der Waals surface area contributed by atoms with Crippen molar-refractivity contribution in [1.82, 2.24) is 20.4 Å². The Hall–Kier alpha value is -0.790. The minimum absolute atomic E-state index is 0. The van der Waals surface area contributed by atoms with E-state index in [2.05, 4.69) is 48.4 Å². The third-order valence-electron chi connectivity index (χ3n) is 3.79. The molecule has 120 valence electrons. The van der Waals surface area contributed by atoms with Gasteiger partial charge >= 0.3 is 0 Å². The molecule has 0 spiro atoms. The number of aromatic nitrogens is 2. The molecule has 0 saturated heterocycles. The van der Waals surface area contributed by atoms with Crippen molar-refractivity contribution in [3.63, 3.8) is 0 Å². The third-order valence-corrected chi connectivity index (χ3v) is 3.79. The standard InChI is InChI=1S/C15H27N5.HI/c1-6-16-15(18-13-7-8-13)17-10(2)9-14-11(3)19-20(5)12(14)4;/h10,13H,6-9H2,1-5H3,(H2,16,17,18);1H. The maximum absolute atomic E-state index is 4.51. The van der Waals surface area contributed by atoms with Gasteiger partial charge in [0.15, 0.2) is 5.96 Å². The summed E-state index contributed by atoms with van der Waals surface area (Å²) in [6, 6.07) is 0.968. The van der Waals surface area contributed by atoms with Crippen LogP contribution >= 0.6 is 24.0 Å². The quantitative estimate of drug-likeness (QED) is 0.449. The summed E-state index contributed by atoms with van der Waals surface area (Å²) in [5.41, 5.74) is 3.72. The Morgan fingerprint density at radius 3 is 2.57 bits per heavy atom. The lowest BCUT2D eigenvalue weighted by Gasteiger charge is -2.18. The molecule has 1 heterocycles. The Labute approximate surface area is 145 Å². The van der Waals surface area contributed by atoms with E-state index in [9.17, 15) is 0 Å². The second-order valence-corrected chi connectivity index (χ2v) is 5.76. The first-order valence-electron chi connectivity index (χ1n) is 7.57. The molecule has 1 fully saturated rings. The maximum atomic E-state index is 4.51. The molecule has 1 aromatic rings. The topological polar surface area (TPSA) is 54.2 Å². The van der Waals surface area contributed by atoms with Crippen LogP contribution in [0.2, 0.25) is 0 Å². The molecule has 5 nitrogen and oxygen atoms in total. The van der Waals surface area contributed by atoms with Crippen LogP contribution in [0.15, 0.2) is 4.99 Å². The van der Waals surface area contributed by atoms with Crippen LogP contribution < -0.4 is 10.6 Å². The zero-order chi connectivity index (χ0) is 14.7. The fraction of sp³-hybridized carbons (Fsp3) is 0.733. The number of nitrogens with one attached hydrogen (secondary N) is 2. The summed E-state index contributed by atoms with van der Waals surface area (Å²) in [7, 11) is 2.00. The van der Waals surface area contributed by atoms with E-state index in [1.54, 1.807) is 0 Å². The lowest BCUT2D eigenvalue weighted by atomic mass is 10.1. The first kappa shape index (κ1) is 18.3. The number of nitrogens with zero attached hydrogens (tertiary/aromatic N) is 3. The van der Waals surface area contributed by atoms with Crippen molar-refractivity contribution in [3.8, 4) is 0 Å². The monoisotopic (exact) mass is 405 g/mol. The molecule has 1 aromatic heterocycles. The maximum Gasteiger partial charge on any atom is 0.191 e. The Morgan fingerprint density at radius 2 is 2.10 bits per heavy atom. The van der Waals surface area contributed by atoms with Gasteiger partial charge in [0.1, 0.15) is 0 Å². The second kappa shape index (κ2) is 8.00. The number of hydrogen-bond donors (Lipinski definition) is 2. The van der Waals surface area contributed by atoms with Crippen molar-refractivity contribution in [3.05, 3.63) is 17.0 Å². The molecule has 0 amide bonds. The Kier molecular flexibility index (Phi) is 6.96. The molecule has 1 atom stereocenters. The Bertz CT molecular complexity index is 490. The highest BCUT2D eigenvalue weighted by Gasteiger charge is 2.23. The highest BCUT2D eigenvalue weighted by molar-refractivity contribution is 14.0. The van der Waals surface area contributed by atoms with E-state index >= 15 is 0 Å². The van der Waals surface area contributed by atoms with E-state index in [-0.39, 0.29) is 24.0 Å². The molecule has 1 unspecified atom stereocenters. The molecule has 2 rings (SSSR count). The van der Waals surface area contributed by atoms with Crippen molar-refractivity contribution in [1.29, 1.82) is 0 Å². The van der Waals surface area contributed by atoms with Crippen LogP contribution in [0, 0.1) is 13.8 Å². The Balaban J connectivity index is 0.00000220. The van der Waals surface area contributed by atoms with Gasteiger partial charge in [0.05, 0.1) is 5.69 Å². The molecule has 2 N–H and O–H groups in total. The third kappa shape index (κ3) is 5.16. The van der Waals surface area contributed by atoms with Crippen LogP contribution in [0.4, 0.5) is 0 Å². The minimum atomic E-state index is 0. The van der Waals surface area contributed by atoms with Gasteiger partial charge in [0.25, 0.3) is 0 Å². The molecule has 0 aromatic carbocycles. The summed E-state index contributed by atoms with van der Waals surface area (Å²) in [5.74, 6) is 0.946. The van der Waals surface area contributed by atoms with E-state index in [1.165, 1.54) is 24.1 Å². The number of guanidine groups is 1. The van der Waals surface area contributed by atoms with Crippen LogP contribution in [-0.2, 0) is 13.5 Å². The Morgan fingerprint density at radius 1 is 1.43 bits per heavy atom. The van der Waals surface area contributed by atoms with Crippen LogP contribution in [0.5, 0.6) is 0 Å². The summed E-state index contributed by atoms with van der Waals surface area (Å²) in [6.45, 7) is 9.28. The number of hydrogen-bond acceptors (Lipinski definition) is 2. The summed E-state index contributed by atoms with van der Waals surface area (Å²) < 4.78 is 1.96. The molecule has 6 heteroatoms. The molecule has 21 heavy (non-hydrogen) atoms. The van der Waals surface area contributed by atoms with Gasteiger partial charge in [-0.25, -0.2) is 0 Å². The molecule has 0 aliphatic heterocycles. The van der Waals surface area contributed by atoms with E-state index in [0.29, 0.717) is 12.1 Å². The molecular weight excluding hydrogens is 377 g/mol. The first-order valence-corrected chi connectivity index (χ1v) is 7.57. The van der Waals surface area contributed by atoms with Gasteiger partial charge in [-0.05, 0) is 52.5 Å². The second-order valence-electron chi connectivity index (χ2n) is 5.76. The molecule has 1 saturated carbocycles. The van der Waals surface area contributed by atoms with E-state index in [4.69, 9.17) is 0 Å². The van der Waals surface area contributed by atoms with Gasteiger partial charge < -0.3 is 10.6 Å². The summed E-state index contributed by atoms with van der Waals surface area (Å²) in [6.07, 6.45) is 3.50. The first-order chi connectivity index (χ1) is 9.51. The summed E-state index contributed by atoms with van der Waals surface area (Å²) >= 11 is 0. The van der Waals surface area contributed by atoms with E-state index in [1.807, 2.05) is 11.7 Å². The van der Waals surface area contributed by atoms with Crippen molar-refractivity contribution in [2.75, 3.05) is 6.54 Å². The number of aliphatic imine (C=N–C) groups is 1. The summed E-state index contributed by atoms with van der Waals surface area (Å²) in [5, 5.41) is 11.4. The highest BCUT2D eigenvalue weighted by atomic mass is 127. The van der Waals surface area contributed by atoms with Crippen LogP contribution in [0.1, 0.15) is 43.6 Å². The molecule has 0 radical (unpaired) electrons. The lowest BCUT2D eigenvalue weighted by molar-refractivity contribution is 0.633. The molecule has 0 bridgehead atoms. The molecule has 1 aliphatic rings. The van der Waals surface area contributed by atoms with Crippen LogP contribution in [-0.4, -0.2) is 34.4 Å². The van der Waals surface area contributed by atoms with Crippen LogP contribution in [0.25, 0.3) is 0 Å². The van der Waals surface area contributed by atoms with Gasteiger partial charge in [0, 0.05) is 31.4 Å². The largest absolute Gasteiger partial charge is 0.354 e. The van der Waals surface area contributed by atoms with E-state index < -0.39 is 0 Å². The zero-order valence-corrected chi connectivity index (χ0v) is 16.1. The SMILES string of the molecule is CCN=C(NC(C)Cc1c(C)nn(C)c1C)NC1CC1.I. The van der Waals surface area contributed by atoms with Gasteiger partial charge in [-0.15, -0.1) is 24.0 Å². The van der Waals surface area contributed by atoms with Gasteiger partial charge in [0.2, 0.25) is 0 Å². The smallest absolute Gasteiger partial charge is 0.191 e. The summed E-state index contributed by atoms with van der Waals surface area (Å²) in [4.78, 5) is 4.51. The fourth-order valence-electron chi connectivity index (χ4n) is 2.42. The number of rotatable bonds is 5. The van der Waals surface area contributed by atoms with E-state index in [0.717, 1.165) is 24.6 Å². The minimum Gasteiger partial charge on any atom is -0.354 e. The van der Waals surface area contributed by atoms with Gasteiger partial charge in [-0.2, -0.15) is 5.10 Å². The van der Waals surface area contributed by atoms with Crippen LogP contribution in [0.3, 0.4) is 0 Å².